The third-order valence-electron chi connectivity index (χ3n) is 4.59. The Kier molecular flexibility index (Phi) is 5.67. The Labute approximate surface area is 169 Å². The molecule has 3 rings (SSSR count). The molecule has 0 fully saturated rings. The lowest BCUT2D eigenvalue weighted by Gasteiger charge is -2.08. The van der Waals surface area contributed by atoms with Crippen LogP contribution in [0.1, 0.15) is 35.3 Å². The Morgan fingerprint density at radius 2 is 1.71 bits per heavy atom. The molecule has 0 aliphatic heterocycles. The summed E-state index contributed by atoms with van der Waals surface area (Å²) in [6, 6.07) is 12.1. The number of thiazole rings is 1. The maximum atomic E-state index is 12.5. The van der Waals surface area contributed by atoms with Crippen molar-refractivity contribution in [2.45, 2.75) is 37.8 Å². The van der Waals surface area contributed by atoms with Crippen LogP contribution in [0.5, 0.6) is 0 Å². The van der Waals surface area contributed by atoms with Crippen molar-refractivity contribution in [3.05, 3.63) is 64.5 Å². The van der Waals surface area contributed by atoms with Crippen LogP contribution >= 0.6 is 11.3 Å². The van der Waals surface area contributed by atoms with E-state index in [1.165, 1.54) is 46.7 Å². The van der Waals surface area contributed by atoms with Gasteiger partial charge >= 0.3 is 0 Å². The predicted octanol–water partition coefficient (Wildman–Crippen LogP) is 4.86. The van der Waals surface area contributed by atoms with Crippen LogP contribution in [0.2, 0.25) is 0 Å². The second kappa shape index (κ2) is 7.85. The molecule has 1 amide bonds. The minimum atomic E-state index is -3.35. The summed E-state index contributed by atoms with van der Waals surface area (Å²) in [5.41, 5.74) is 4.60. The molecule has 0 bridgehead atoms. The fourth-order valence-electron chi connectivity index (χ4n) is 2.60. The first-order valence-electron chi connectivity index (χ1n) is 8.87. The molecule has 7 heteroatoms. The number of aromatic nitrogens is 1. The second-order valence-corrected chi connectivity index (χ2v) is 10.3. The third kappa shape index (κ3) is 4.15. The monoisotopic (exact) mass is 414 g/mol. The van der Waals surface area contributed by atoms with Crippen LogP contribution in [0.3, 0.4) is 0 Å². The van der Waals surface area contributed by atoms with E-state index in [0.717, 1.165) is 11.3 Å². The summed E-state index contributed by atoms with van der Waals surface area (Å²) in [7, 11) is -3.35. The zero-order valence-corrected chi connectivity index (χ0v) is 17.8. The number of amides is 1. The summed E-state index contributed by atoms with van der Waals surface area (Å²) < 4.78 is 24.4. The molecular weight excluding hydrogens is 392 g/mol. The third-order valence-corrected chi connectivity index (χ3v) is 7.52. The number of aryl methyl sites for hydroxylation is 2. The maximum Gasteiger partial charge on any atom is 0.257 e. The lowest BCUT2D eigenvalue weighted by Crippen LogP contribution is -2.15. The lowest BCUT2D eigenvalue weighted by molar-refractivity contribution is 0.102. The molecule has 0 radical (unpaired) electrons. The Balaban J connectivity index is 1.75. The van der Waals surface area contributed by atoms with Crippen LogP contribution in [-0.2, 0) is 9.84 Å². The first kappa shape index (κ1) is 20.2. The Hall–Kier alpha value is -2.51. The molecule has 0 aliphatic rings. The highest BCUT2D eigenvalue weighted by Crippen LogP contribution is 2.27. The molecule has 0 saturated heterocycles. The van der Waals surface area contributed by atoms with E-state index in [1.54, 1.807) is 13.8 Å². The van der Waals surface area contributed by atoms with E-state index in [2.05, 4.69) is 36.3 Å². The van der Waals surface area contributed by atoms with E-state index in [-0.39, 0.29) is 10.8 Å². The molecule has 0 saturated carbocycles. The van der Waals surface area contributed by atoms with Crippen molar-refractivity contribution in [1.29, 1.82) is 0 Å². The van der Waals surface area contributed by atoms with Crippen LogP contribution in [0, 0.1) is 13.8 Å². The molecule has 5 nitrogen and oxygen atoms in total. The van der Waals surface area contributed by atoms with Gasteiger partial charge in [0.1, 0.15) is 0 Å². The second-order valence-electron chi connectivity index (χ2n) is 6.91. The Morgan fingerprint density at radius 1 is 1.04 bits per heavy atom. The topological polar surface area (TPSA) is 76.1 Å². The van der Waals surface area contributed by atoms with Gasteiger partial charge in [-0.3, -0.25) is 10.1 Å². The van der Waals surface area contributed by atoms with Gasteiger partial charge in [0.2, 0.25) is 0 Å². The number of rotatable bonds is 5. The number of sulfone groups is 1. The van der Waals surface area contributed by atoms with E-state index in [4.69, 9.17) is 0 Å². The van der Waals surface area contributed by atoms with E-state index >= 15 is 0 Å². The van der Waals surface area contributed by atoms with E-state index in [0.29, 0.717) is 10.7 Å². The molecule has 1 aromatic heterocycles. The number of carbonyl (C=O) groups excluding carboxylic acids is 1. The highest BCUT2D eigenvalue weighted by Gasteiger charge is 2.19. The average molecular weight is 415 g/mol. The minimum Gasteiger partial charge on any atom is -0.298 e. The largest absolute Gasteiger partial charge is 0.298 e. The van der Waals surface area contributed by atoms with Gasteiger partial charge in [0, 0.05) is 16.5 Å². The van der Waals surface area contributed by atoms with Crippen molar-refractivity contribution < 1.29 is 13.2 Å². The van der Waals surface area contributed by atoms with Crippen molar-refractivity contribution in [1.82, 2.24) is 4.98 Å². The van der Waals surface area contributed by atoms with Crippen LogP contribution in [0.25, 0.3) is 11.3 Å². The Bertz CT molecular complexity index is 1110. The zero-order valence-electron chi connectivity index (χ0n) is 16.2. The van der Waals surface area contributed by atoms with Gasteiger partial charge in [-0.25, -0.2) is 13.4 Å². The van der Waals surface area contributed by atoms with Gasteiger partial charge < -0.3 is 0 Å². The molecule has 28 heavy (non-hydrogen) atoms. The maximum absolute atomic E-state index is 12.5. The molecule has 0 aliphatic carbocycles. The number of nitrogens with one attached hydrogen (secondary N) is 1. The number of nitrogens with zero attached hydrogens (tertiary/aromatic N) is 1. The van der Waals surface area contributed by atoms with Crippen LogP contribution < -0.4 is 5.32 Å². The standard InChI is InChI=1S/C21H22N2O3S2/c1-13(2)28(25,26)18-9-7-16(8-10-18)20(24)23-21-22-19(12-27-21)17-6-5-14(3)15(4)11-17/h5-13H,1-4H3,(H,22,23,24). The number of hydrogen-bond donors (Lipinski definition) is 1. The highest BCUT2D eigenvalue weighted by atomic mass is 32.2. The van der Waals surface area contributed by atoms with Gasteiger partial charge in [0.25, 0.3) is 5.91 Å². The normalized spacial score (nSPS) is 11.6. The van der Waals surface area contributed by atoms with Crippen LogP contribution in [-0.4, -0.2) is 24.6 Å². The van der Waals surface area contributed by atoms with Crippen LogP contribution in [0.15, 0.2) is 52.7 Å². The summed E-state index contributed by atoms with van der Waals surface area (Å²) in [5.74, 6) is -0.325. The zero-order chi connectivity index (χ0) is 20.5. The lowest BCUT2D eigenvalue weighted by atomic mass is 10.1. The first-order chi connectivity index (χ1) is 13.2. The summed E-state index contributed by atoms with van der Waals surface area (Å²) in [4.78, 5) is 17.2. The quantitative estimate of drug-likeness (QED) is 0.647. The highest BCUT2D eigenvalue weighted by molar-refractivity contribution is 7.92. The van der Waals surface area contributed by atoms with Gasteiger partial charge in [-0.2, -0.15) is 0 Å². The van der Waals surface area contributed by atoms with E-state index < -0.39 is 15.1 Å². The van der Waals surface area contributed by atoms with Gasteiger partial charge in [-0.1, -0.05) is 12.1 Å². The van der Waals surface area contributed by atoms with Crippen molar-refractivity contribution in [3.63, 3.8) is 0 Å². The minimum absolute atomic E-state index is 0.213. The van der Waals surface area contributed by atoms with Crippen molar-refractivity contribution in [2.75, 3.05) is 5.32 Å². The Morgan fingerprint density at radius 3 is 2.32 bits per heavy atom. The number of benzene rings is 2. The fraction of sp³-hybridized carbons (Fsp3) is 0.238. The van der Waals surface area contributed by atoms with E-state index in [9.17, 15) is 13.2 Å². The van der Waals surface area contributed by atoms with Gasteiger partial charge in [-0.15, -0.1) is 11.3 Å². The predicted molar refractivity (Wildman–Crippen MR) is 114 cm³/mol. The summed E-state index contributed by atoms with van der Waals surface area (Å²) in [6.45, 7) is 7.37. The first-order valence-corrected chi connectivity index (χ1v) is 11.3. The average Bonchev–Trinajstić information content (AvgIpc) is 3.12. The molecule has 1 N–H and O–H groups in total. The van der Waals surface area contributed by atoms with E-state index in [1.807, 2.05) is 11.4 Å². The summed E-state index contributed by atoms with van der Waals surface area (Å²) in [6.07, 6.45) is 0. The molecule has 1 heterocycles. The molecule has 2 aromatic carbocycles. The summed E-state index contributed by atoms with van der Waals surface area (Å²) >= 11 is 1.35. The molecule has 0 atom stereocenters. The molecule has 0 unspecified atom stereocenters. The smallest absolute Gasteiger partial charge is 0.257 e. The molecule has 0 spiro atoms. The molecule has 3 aromatic rings. The molecule has 146 valence electrons. The van der Waals surface area contributed by atoms with Crippen molar-refractivity contribution in [2.24, 2.45) is 0 Å². The van der Waals surface area contributed by atoms with Gasteiger partial charge in [0.15, 0.2) is 15.0 Å². The summed E-state index contributed by atoms with van der Waals surface area (Å²) in [5, 5.41) is 4.66. The number of hydrogen-bond acceptors (Lipinski definition) is 5. The van der Waals surface area contributed by atoms with Crippen LogP contribution in [0.4, 0.5) is 5.13 Å². The van der Waals surface area contributed by atoms with Gasteiger partial charge in [-0.05, 0) is 69.2 Å². The van der Waals surface area contributed by atoms with Crippen molar-refractivity contribution in [3.8, 4) is 11.3 Å². The van der Waals surface area contributed by atoms with Crippen molar-refractivity contribution >= 4 is 32.2 Å². The molecular formula is C21H22N2O3S2. The number of carbonyl (C=O) groups is 1. The fourth-order valence-corrected chi connectivity index (χ4v) is 4.38. The van der Waals surface area contributed by atoms with Gasteiger partial charge in [0.05, 0.1) is 15.8 Å². The number of anilines is 1. The SMILES string of the molecule is Cc1ccc(-c2csc(NC(=O)c3ccc(S(=O)(=O)C(C)C)cc3)n2)cc1C.